The van der Waals surface area contributed by atoms with Crippen LogP contribution in [-0.4, -0.2) is 35.0 Å². The van der Waals surface area contributed by atoms with Gasteiger partial charge in [-0.3, -0.25) is 10.0 Å². The largest absolute Gasteiger partial charge is 0.302 e. The van der Waals surface area contributed by atoms with E-state index < -0.39 is 19.2 Å². The lowest BCUT2D eigenvalue weighted by Gasteiger charge is -2.33. The van der Waals surface area contributed by atoms with E-state index in [0.29, 0.717) is 6.54 Å². The molecule has 0 heterocycles. The van der Waals surface area contributed by atoms with E-state index in [1.807, 2.05) is 30.3 Å². The first-order valence-electron chi connectivity index (χ1n) is 7.79. The Morgan fingerprint density at radius 3 is 2.45 bits per heavy atom. The van der Waals surface area contributed by atoms with Gasteiger partial charge in [-0.05, 0) is 13.3 Å². The van der Waals surface area contributed by atoms with E-state index >= 15 is 0 Å². The molecule has 2 N–H and O–H groups in total. The summed E-state index contributed by atoms with van der Waals surface area (Å²) in [7, 11) is -2.87. The van der Waals surface area contributed by atoms with Crippen molar-refractivity contribution in [1.82, 2.24) is 10.2 Å². The Bertz CT molecular complexity index is 507. The zero-order valence-corrected chi connectivity index (χ0v) is 14.6. The lowest BCUT2D eigenvalue weighted by Crippen LogP contribution is -2.44. The molecule has 0 aliphatic heterocycles. The highest BCUT2D eigenvalue weighted by Crippen LogP contribution is 2.46. The fourth-order valence-electron chi connectivity index (χ4n) is 2.50. The van der Waals surface area contributed by atoms with Gasteiger partial charge in [0.15, 0.2) is 7.29 Å². The highest BCUT2D eigenvalue weighted by atomic mass is 31.2. The van der Waals surface area contributed by atoms with Gasteiger partial charge < -0.3 is 4.57 Å². The van der Waals surface area contributed by atoms with Crippen molar-refractivity contribution >= 4 is 18.5 Å². The number of unbranched alkanes of at least 4 members (excludes halogenated alkanes) is 3. The average Bonchev–Trinajstić information content (AvgIpc) is 2.54. The summed E-state index contributed by atoms with van der Waals surface area (Å²) in [5.41, 5.74) is 1.67. The zero-order chi connectivity index (χ0) is 16.6. The van der Waals surface area contributed by atoms with Crippen molar-refractivity contribution < 1.29 is 14.6 Å². The van der Waals surface area contributed by atoms with Crippen LogP contribution in [0.15, 0.2) is 30.3 Å². The van der Waals surface area contributed by atoms with E-state index in [1.165, 1.54) is 0 Å². The predicted octanol–water partition coefficient (Wildman–Crippen LogP) is 3.00. The summed E-state index contributed by atoms with van der Waals surface area (Å²) in [4.78, 5) is 11.8. The minimum atomic E-state index is -2.87. The molecule has 22 heavy (non-hydrogen) atoms. The smallest absolute Gasteiger partial charge is 0.260 e. The Morgan fingerprint density at radius 2 is 1.91 bits per heavy atom. The van der Waals surface area contributed by atoms with Crippen molar-refractivity contribution in [1.29, 1.82) is 0 Å². The molecule has 1 rings (SSSR count). The van der Waals surface area contributed by atoms with Gasteiger partial charge in [0, 0.05) is 18.5 Å². The molecular weight excluding hydrogens is 299 g/mol. The number of hydrogen-bond donors (Lipinski definition) is 2. The zero-order valence-electron chi connectivity index (χ0n) is 13.7. The Morgan fingerprint density at radius 1 is 1.27 bits per heavy atom. The molecule has 0 radical (unpaired) electrons. The van der Waals surface area contributed by atoms with Gasteiger partial charge in [0.25, 0.3) is 5.91 Å². The maximum Gasteiger partial charge on any atom is 0.260 e. The van der Waals surface area contributed by atoms with Crippen molar-refractivity contribution in [2.75, 3.05) is 13.2 Å². The summed E-state index contributed by atoms with van der Waals surface area (Å²) < 4.78 is 15.0. The summed E-state index contributed by atoms with van der Waals surface area (Å²) in [5.74, 6) is -0.534. The third kappa shape index (κ3) is 4.94. The summed E-state index contributed by atoms with van der Waals surface area (Å²) >= 11 is 0. The number of carbonyl (C=O) groups is 1. The first-order chi connectivity index (χ1) is 10.4. The molecule has 0 saturated carbocycles. The third-order valence-corrected chi connectivity index (χ3v) is 6.69. The Balaban J connectivity index is 2.97. The van der Waals surface area contributed by atoms with Crippen molar-refractivity contribution in [2.45, 2.75) is 45.6 Å². The first-order valence-corrected chi connectivity index (χ1v) is 9.90. The third-order valence-electron chi connectivity index (χ3n) is 3.90. The van der Waals surface area contributed by atoms with E-state index in [9.17, 15) is 9.36 Å². The molecule has 2 unspecified atom stereocenters. The molecule has 1 aromatic carbocycles. The lowest BCUT2D eigenvalue weighted by molar-refractivity contribution is -0.132. The van der Waals surface area contributed by atoms with E-state index in [2.05, 4.69) is 6.92 Å². The van der Waals surface area contributed by atoms with Gasteiger partial charge in [-0.1, -0.05) is 56.5 Å². The minimum absolute atomic E-state index is 0.534. The van der Waals surface area contributed by atoms with Gasteiger partial charge in [0.2, 0.25) is 0 Å². The second-order valence-electron chi connectivity index (χ2n) is 5.59. The van der Waals surface area contributed by atoms with Crippen LogP contribution in [0, 0.1) is 0 Å². The molecular formula is C16H27N2O3P. The number of amides is 1. The quantitative estimate of drug-likeness (QED) is 0.317. The topological polar surface area (TPSA) is 69.6 Å². The first kappa shape index (κ1) is 18.9. The van der Waals surface area contributed by atoms with Gasteiger partial charge >= 0.3 is 0 Å². The van der Waals surface area contributed by atoms with Crippen LogP contribution in [0.3, 0.4) is 0 Å². The standard InChI is InChI=1S/C16H27N2O3P/c1-4-5-6-10-13-18(14(2)16(19)17-20)22(3,21)15-11-8-7-9-12-15/h7-9,11-12,14,20H,4-6,10,13H2,1-3H3,(H,17,19). The van der Waals surface area contributed by atoms with Gasteiger partial charge in [-0.2, -0.15) is 0 Å². The number of hydroxylamine groups is 1. The van der Waals surface area contributed by atoms with Crippen LogP contribution in [-0.2, 0) is 9.36 Å². The van der Waals surface area contributed by atoms with Gasteiger partial charge in [-0.25, -0.2) is 10.2 Å². The molecule has 0 aliphatic rings. The number of hydrogen-bond acceptors (Lipinski definition) is 3. The minimum Gasteiger partial charge on any atom is -0.302 e. The second-order valence-corrected chi connectivity index (χ2v) is 8.38. The van der Waals surface area contributed by atoms with E-state index in [-0.39, 0.29) is 0 Å². The summed E-state index contributed by atoms with van der Waals surface area (Å²) in [6, 6.07) is 8.56. The molecule has 1 aromatic rings. The van der Waals surface area contributed by atoms with E-state index in [4.69, 9.17) is 5.21 Å². The summed E-state index contributed by atoms with van der Waals surface area (Å²) in [5, 5.41) is 9.61. The fourth-order valence-corrected chi connectivity index (χ4v) is 4.81. The van der Waals surface area contributed by atoms with E-state index in [0.717, 1.165) is 31.0 Å². The second kappa shape index (κ2) is 9.09. The van der Waals surface area contributed by atoms with Crippen LogP contribution in [0.25, 0.3) is 0 Å². The summed E-state index contributed by atoms with van der Waals surface area (Å²) in [6.45, 7) is 6.05. The Hall–Kier alpha value is -1.16. The molecule has 0 fully saturated rings. The molecule has 6 heteroatoms. The monoisotopic (exact) mass is 326 g/mol. The molecule has 0 aliphatic carbocycles. The number of nitrogens with zero attached hydrogens (tertiary/aromatic N) is 1. The van der Waals surface area contributed by atoms with Crippen molar-refractivity contribution in [3.8, 4) is 0 Å². The van der Waals surface area contributed by atoms with Crippen LogP contribution < -0.4 is 10.8 Å². The fraction of sp³-hybridized carbons (Fsp3) is 0.562. The van der Waals surface area contributed by atoms with Crippen LogP contribution >= 0.6 is 7.29 Å². The molecule has 0 bridgehead atoms. The number of rotatable bonds is 9. The van der Waals surface area contributed by atoms with Gasteiger partial charge in [0.1, 0.15) is 0 Å². The van der Waals surface area contributed by atoms with Crippen molar-refractivity contribution in [3.05, 3.63) is 30.3 Å². The Kier molecular flexibility index (Phi) is 7.80. The van der Waals surface area contributed by atoms with Crippen LogP contribution in [0.1, 0.15) is 39.5 Å². The maximum atomic E-state index is 13.3. The van der Waals surface area contributed by atoms with E-state index in [1.54, 1.807) is 23.7 Å². The van der Waals surface area contributed by atoms with Crippen LogP contribution in [0.4, 0.5) is 0 Å². The SMILES string of the molecule is CCCCCCN(C(C)C(=O)NO)P(C)(=O)c1ccccc1. The molecule has 0 saturated heterocycles. The molecule has 124 valence electrons. The average molecular weight is 326 g/mol. The van der Waals surface area contributed by atoms with Gasteiger partial charge in [-0.15, -0.1) is 0 Å². The van der Waals surface area contributed by atoms with Crippen LogP contribution in [0.5, 0.6) is 0 Å². The molecule has 5 nitrogen and oxygen atoms in total. The highest BCUT2D eigenvalue weighted by Gasteiger charge is 2.34. The molecule has 0 aromatic heterocycles. The predicted molar refractivity (Wildman–Crippen MR) is 89.8 cm³/mol. The summed E-state index contributed by atoms with van der Waals surface area (Å²) in [6.07, 6.45) is 4.15. The Labute approximate surface area is 133 Å². The van der Waals surface area contributed by atoms with Gasteiger partial charge in [0.05, 0.1) is 6.04 Å². The maximum absolute atomic E-state index is 13.3. The molecule has 0 spiro atoms. The number of benzene rings is 1. The molecule has 1 amide bonds. The molecule has 2 atom stereocenters. The highest BCUT2D eigenvalue weighted by molar-refractivity contribution is 7.68. The van der Waals surface area contributed by atoms with Crippen molar-refractivity contribution in [2.24, 2.45) is 0 Å². The number of nitrogens with one attached hydrogen (secondary N) is 1. The number of carbonyl (C=O) groups excluding carboxylic acids is 1. The lowest BCUT2D eigenvalue weighted by atomic mass is 10.2. The van der Waals surface area contributed by atoms with Crippen molar-refractivity contribution in [3.63, 3.8) is 0 Å². The normalized spacial score (nSPS) is 15.3. The van der Waals surface area contributed by atoms with Crippen LogP contribution in [0.2, 0.25) is 0 Å².